The lowest BCUT2D eigenvalue weighted by Crippen LogP contribution is -2.34. The zero-order chi connectivity index (χ0) is 19.3. The smallest absolute Gasteiger partial charge is 0.407 e. The first-order chi connectivity index (χ1) is 12.2. The highest BCUT2D eigenvalue weighted by atomic mass is 19.1. The summed E-state index contributed by atoms with van der Waals surface area (Å²) in [6.45, 7) is 5.54. The molecule has 0 fully saturated rings. The molecule has 0 saturated heterocycles. The fraction of sp³-hybridized carbons (Fsp3) is 0.316. The highest BCUT2D eigenvalue weighted by molar-refractivity contribution is 5.68. The first-order valence-corrected chi connectivity index (χ1v) is 8.04. The van der Waals surface area contributed by atoms with Gasteiger partial charge in [-0.25, -0.2) is 13.6 Å². The fourth-order valence-electron chi connectivity index (χ4n) is 2.15. The molecule has 0 aliphatic heterocycles. The van der Waals surface area contributed by atoms with Gasteiger partial charge in [-0.1, -0.05) is 6.07 Å². The second-order valence-electron chi connectivity index (χ2n) is 6.58. The minimum Gasteiger partial charge on any atom is -0.504 e. The van der Waals surface area contributed by atoms with Crippen LogP contribution in [0.1, 0.15) is 20.8 Å². The highest BCUT2D eigenvalue weighted by Gasteiger charge is 2.15. The number of ether oxygens (including phenoxy) is 2. The van der Waals surface area contributed by atoms with E-state index in [9.17, 15) is 18.7 Å². The number of rotatable bonds is 5. The van der Waals surface area contributed by atoms with E-state index in [-0.39, 0.29) is 30.2 Å². The molecule has 2 rings (SSSR count). The predicted molar refractivity (Wildman–Crippen MR) is 93.2 cm³/mol. The monoisotopic (exact) mass is 365 g/mol. The minimum absolute atomic E-state index is 0.0402. The van der Waals surface area contributed by atoms with Gasteiger partial charge in [-0.2, -0.15) is 0 Å². The molecular formula is C19H21F2NO4. The predicted octanol–water partition coefficient (Wildman–Crippen LogP) is 4.24. The molecule has 0 aliphatic carbocycles. The van der Waals surface area contributed by atoms with E-state index in [0.717, 1.165) is 18.2 Å². The number of nitrogens with one attached hydrogen (secondary N) is 1. The van der Waals surface area contributed by atoms with Crippen molar-refractivity contribution in [1.29, 1.82) is 0 Å². The molecule has 0 spiro atoms. The highest BCUT2D eigenvalue weighted by Crippen LogP contribution is 2.33. The van der Waals surface area contributed by atoms with Crippen LogP contribution in [-0.4, -0.2) is 30.0 Å². The molecule has 0 aliphatic rings. The van der Waals surface area contributed by atoms with E-state index in [4.69, 9.17) is 9.47 Å². The van der Waals surface area contributed by atoms with Crippen molar-refractivity contribution in [1.82, 2.24) is 5.32 Å². The Bertz CT molecular complexity index is 788. The van der Waals surface area contributed by atoms with Crippen LogP contribution in [0.25, 0.3) is 11.1 Å². The lowest BCUT2D eigenvalue weighted by molar-refractivity contribution is 0.0520. The van der Waals surface area contributed by atoms with Crippen LogP contribution >= 0.6 is 0 Å². The molecule has 7 heteroatoms. The number of hydrogen-bond acceptors (Lipinski definition) is 4. The second-order valence-corrected chi connectivity index (χ2v) is 6.58. The molecule has 0 radical (unpaired) electrons. The molecule has 0 bridgehead atoms. The normalized spacial score (nSPS) is 11.1. The van der Waals surface area contributed by atoms with Gasteiger partial charge in [0.25, 0.3) is 0 Å². The van der Waals surface area contributed by atoms with Crippen LogP contribution in [0.3, 0.4) is 0 Å². The zero-order valence-electron chi connectivity index (χ0n) is 14.8. The summed E-state index contributed by atoms with van der Waals surface area (Å²) in [6.07, 6.45) is -0.567. The maximum Gasteiger partial charge on any atom is 0.407 e. The molecule has 0 saturated carbocycles. The van der Waals surface area contributed by atoms with Crippen molar-refractivity contribution >= 4 is 6.09 Å². The van der Waals surface area contributed by atoms with Gasteiger partial charge in [0, 0.05) is 5.56 Å². The molecule has 0 atom stereocenters. The second kappa shape index (κ2) is 8.03. The van der Waals surface area contributed by atoms with E-state index in [1.807, 2.05) is 0 Å². The van der Waals surface area contributed by atoms with E-state index >= 15 is 0 Å². The van der Waals surface area contributed by atoms with Gasteiger partial charge in [0.05, 0.1) is 6.54 Å². The summed E-state index contributed by atoms with van der Waals surface area (Å²) in [5, 5.41) is 12.5. The van der Waals surface area contributed by atoms with Crippen LogP contribution in [0.15, 0.2) is 36.4 Å². The number of phenolic OH excluding ortho intramolecular Hbond substituents is 1. The molecule has 0 heterocycles. The Kier molecular flexibility index (Phi) is 6.02. The van der Waals surface area contributed by atoms with Crippen LogP contribution in [0, 0.1) is 11.6 Å². The number of carbonyl (C=O) groups is 1. The summed E-state index contributed by atoms with van der Waals surface area (Å²) >= 11 is 0. The molecule has 2 aromatic rings. The molecule has 0 unspecified atom stereocenters. The number of carbonyl (C=O) groups excluding carboxylic acids is 1. The quantitative estimate of drug-likeness (QED) is 0.778. The third-order valence-corrected chi connectivity index (χ3v) is 3.23. The SMILES string of the molecule is CC(C)(C)OC(=O)NCCOc1ccc(-c2cc(F)ccc2F)cc1O. The van der Waals surface area contributed by atoms with Crippen molar-refractivity contribution in [3.8, 4) is 22.6 Å². The van der Waals surface area contributed by atoms with Crippen molar-refractivity contribution in [2.45, 2.75) is 26.4 Å². The summed E-state index contributed by atoms with van der Waals surface area (Å²) in [5.74, 6) is -1.23. The zero-order valence-corrected chi connectivity index (χ0v) is 14.8. The number of benzene rings is 2. The van der Waals surface area contributed by atoms with Gasteiger partial charge in [0.2, 0.25) is 0 Å². The molecule has 2 aromatic carbocycles. The minimum atomic E-state index is -0.596. The van der Waals surface area contributed by atoms with Crippen molar-refractivity contribution in [2.75, 3.05) is 13.2 Å². The van der Waals surface area contributed by atoms with Crippen molar-refractivity contribution < 1.29 is 28.2 Å². The first-order valence-electron chi connectivity index (χ1n) is 8.04. The van der Waals surface area contributed by atoms with Gasteiger partial charge in [-0.3, -0.25) is 0 Å². The topological polar surface area (TPSA) is 67.8 Å². The third-order valence-electron chi connectivity index (χ3n) is 3.23. The van der Waals surface area contributed by atoms with E-state index in [1.54, 1.807) is 20.8 Å². The largest absolute Gasteiger partial charge is 0.504 e. The molecule has 26 heavy (non-hydrogen) atoms. The van der Waals surface area contributed by atoms with Crippen molar-refractivity contribution in [3.63, 3.8) is 0 Å². The molecule has 0 aromatic heterocycles. The van der Waals surface area contributed by atoms with Crippen LogP contribution in [0.5, 0.6) is 11.5 Å². The lowest BCUT2D eigenvalue weighted by atomic mass is 10.0. The number of phenols is 1. The Hall–Kier alpha value is -2.83. The summed E-state index contributed by atoms with van der Waals surface area (Å²) < 4.78 is 37.5. The van der Waals surface area contributed by atoms with E-state index in [1.165, 1.54) is 18.2 Å². The fourth-order valence-corrected chi connectivity index (χ4v) is 2.15. The van der Waals surface area contributed by atoms with Gasteiger partial charge in [-0.05, 0) is 56.7 Å². The van der Waals surface area contributed by atoms with Crippen molar-refractivity contribution in [3.05, 3.63) is 48.0 Å². The molecule has 140 valence electrons. The molecule has 2 N–H and O–H groups in total. The third kappa shape index (κ3) is 5.61. The summed E-state index contributed by atoms with van der Waals surface area (Å²) in [5.41, 5.74) is -0.234. The number of hydrogen-bond donors (Lipinski definition) is 2. The number of aromatic hydroxyl groups is 1. The summed E-state index contributed by atoms with van der Waals surface area (Å²) in [4.78, 5) is 11.5. The van der Waals surface area contributed by atoms with Gasteiger partial charge in [-0.15, -0.1) is 0 Å². The Morgan fingerprint density at radius 1 is 1.15 bits per heavy atom. The van der Waals surface area contributed by atoms with Gasteiger partial charge >= 0.3 is 6.09 Å². The first kappa shape index (κ1) is 19.5. The van der Waals surface area contributed by atoms with E-state index in [2.05, 4.69) is 5.32 Å². The Balaban J connectivity index is 1.94. The molecular weight excluding hydrogens is 344 g/mol. The molecule has 1 amide bonds. The number of halogens is 2. The van der Waals surface area contributed by atoms with Crippen molar-refractivity contribution in [2.24, 2.45) is 0 Å². The van der Waals surface area contributed by atoms with Crippen LogP contribution in [0.4, 0.5) is 13.6 Å². The number of alkyl carbamates (subject to hydrolysis) is 1. The lowest BCUT2D eigenvalue weighted by Gasteiger charge is -2.19. The van der Waals surface area contributed by atoms with Crippen LogP contribution in [0.2, 0.25) is 0 Å². The standard InChI is InChI=1S/C19H21F2NO4/c1-19(2,3)26-18(24)22-8-9-25-17-7-4-12(10-16(17)23)14-11-13(20)5-6-15(14)21/h4-7,10-11,23H,8-9H2,1-3H3,(H,22,24). The number of amides is 1. The Labute approximate surface area is 150 Å². The molecule has 5 nitrogen and oxygen atoms in total. The van der Waals surface area contributed by atoms with Crippen LogP contribution in [-0.2, 0) is 4.74 Å². The summed E-state index contributed by atoms with van der Waals surface area (Å²) in [7, 11) is 0. The maximum absolute atomic E-state index is 13.8. The van der Waals surface area contributed by atoms with Gasteiger partial charge < -0.3 is 19.9 Å². The maximum atomic E-state index is 13.8. The Morgan fingerprint density at radius 2 is 1.88 bits per heavy atom. The van der Waals surface area contributed by atoms with Gasteiger partial charge in [0.15, 0.2) is 11.5 Å². The summed E-state index contributed by atoms with van der Waals surface area (Å²) in [6, 6.07) is 7.34. The van der Waals surface area contributed by atoms with E-state index in [0.29, 0.717) is 5.56 Å². The average molecular weight is 365 g/mol. The van der Waals surface area contributed by atoms with Gasteiger partial charge in [0.1, 0.15) is 23.8 Å². The Morgan fingerprint density at radius 3 is 2.54 bits per heavy atom. The van der Waals surface area contributed by atoms with E-state index < -0.39 is 23.3 Å². The van der Waals surface area contributed by atoms with Crippen LogP contribution < -0.4 is 10.1 Å². The average Bonchev–Trinajstić information content (AvgIpc) is 2.53.